The molecule has 0 aliphatic carbocycles. The number of sulfonamides is 1. The highest BCUT2D eigenvalue weighted by atomic mass is 35.5. The van der Waals surface area contributed by atoms with Crippen LogP contribution in [0, 0.1) is 0 Å². The number of morpholine rings is 1. The highest BCUT2D eigenvalue weighted by molar-refractivity contribution is 7.89. The summed E-state index contributed by atoms with van der Waals surface area (Å²) < 4.78 is 33.1. The van der Waals surface area contributed by atoms with Crippen LogP contribution < -0.4 is 0 Å². The van der Waals surface area contributed by atoms with Crippen LogP contribution in [0.4, 0.5) is 0 Å². The molecule has 0 bridgehead atoms. The number of hydrogen-bond donors (Lipinski definition) is 0. The minimum absolute atomic E-state index is 0.0592. The monoisotopic (exact) mass is 293 g/mol. The summed E-state index contributed by atoms with van der Waals surface area (Å²) in [5, 5.41) is 0.0537. The molecule has 2 rings (SSSR count). The summed E-state index contributed by atoms with van der Waals surface area (Å²) in [6.07, 6.45) is 2.12. The van der Waals surface area contributed by atoms with Crippen LogP contribution in [0.2, 0.25) is 5.15 Å². The number of halogens is 1. The first-order valence-electron chi connectivity index (χ1n) is 5.75. The van der Waals surface area contributed by atoms with Crippen molar-refractivity contribution in [2.75, 3.05) is 19.7 Å². The summed E-state index contributed by atoms with van der Waals surface area (Å²) >= 11 is 5.95. The fourth-order valence-corrected chi connectivity index (χ4v) is 3.69. The zero-order chi connectivity index (χ0) is 13.3. The maximum Gasteiger partial charge on any atom is 0.263 e. The summed E-state index contributed by atoms with van der Waals surface area (Å²) in [6, 6.07) is 0. The lowest BCUT2D eigenvalue weighted by molar-refractivity contribution is -0.00283. The zero-order valence-corrected chi connectivity index (χ0v) is 11.9. The van der Waals surface area contributed by atoms with E-state index in [4.69, 9.17) is 16.3 Å². The lowest BCUT2D eigenvalue weighted by Gasteiger charge is -2.31. The van der Waals surface area contributed by atoms with Crippen molar-refractivity contribution in [1.82, 2.24) is 13.9 Å². The number of hydrogen-bond acceptors (Lipinski definition) is 4. The standard InChI is InChI=1S/C10H16ClN3O3S/c1-3-8-6-14(4-5-17-8)18(15,16)10-9(11)13(2)7-12-10/h7-8H,3-6H2,1-2H3/t8-/m0/s1. The van der Waals surface area contributed by atoms with Gasteiger partial charge in [0.1, 0.15) is 5.15 Å². The number of aromatic nitrogens is 2. The molecule has 6 nitrogen and oxygen atoms in total. The average Bonchev–Trinajstić information content (AvgIpc) is 2.70. The van der Waals surface area contributed by atoms with E-state index in [9.17, 15) is 8.42 Å². The third-order valence-corrected chi connectivity index (χ3v) is 5.33. The number of imidazole rings is 1. The Balaban J connectivity index is 2.28. The van der Waals surface area contributed by atoms with Crippen LogP contribution in [0.5, 0.6) is 0 Å². The predicted molar refractivity (Wildman–Crippen MR) is 67.0 cm³/mol. The largest absolute Gasteiger partial charge is 0.375 e. The van der Waals surface area contributed by atoms with Gasteiger partial charge in [0.25, 0.3) is 10.0 Å². The lowest BCUT2D eigenvalue weighted by Crippen LogP contribution is -2.45. The molecule has 0 aromatic carbocycles. The molecule has 0 spiro atoms. The first kappa shape index (κ1) is 13.8. The molecule has 1 atom stereocenters. The Kier molecular flexibility index (Phi) is 3.96. The van der Waals surface area contributed by atoms with Gasteiger partial charge in [-0.2, -0.15) is 4.31 Å². The molecule has 1 aromatic heterocycles. The topological polar surface area (TPSA) is 64.4 Å². The molecule has 0 saturated carbocycles. The number of aryl methyl sites for hydroxylation is 1. The van der Waals surface area contributed by atoms with Crippen molar-refractivity contribution in [1.29, 1.82) is 0 Å². The van der Waals surface area contributed by atoms with Crippen molar-refractivity contribution in [2.45, 2.75) is 24.5 Å². The van der Waals surface area contributed by atoms with Crippen molar-refractivity contribution >= 4 is 21.6 Å². The van der Waals surface area contributed by atoms with Crippen LogP contribution in [0.3, 0.4) is 0 Å². The Labute approximate surface area is 112 Å². The molecule has 1 aliphatic heterocycles. The minimum Gasteiger partial charge on any atom is -0.375 e. The highest BCUT2D eigenvalue weighted by Gasteiger charge is 2.33. The van der Waals surface area contributed by atoms with Crippen molar-refractivity contribution in [3.05, 3.63) is 11.5 Å². The molecule has 0 N–H and O–H groups in total. The second-order valence-electron chi connectivity index (χ2n) is 4.22. The fraction of sp³-hybridized carbons (Fsp3) is 0.700. The lowest BCUT2D eigenvalue weighted by atomic mass is 10.2. The quantitative estimate of drug-likeness (QED) is 0.830. The second kappa shape index (κ2) is 5.16. The van der Waals surface area contributed by atoms with E-state index in [0.29, 0.717) is 19.7 Å². The van der Waals surface area contributed by atoms with Crippen LogP contribution >= 0.6 is 11.6 Å². The normalized spacial score (nSPS) is 22.3. The number of nitrogens with zero attached hydrogens (tertiary/aromatic N) is 3. The van der Waals surface area contributed by atoms with Gasteiger partial charge in [-0.1, -0.05) is 18.5 Å². The molecule has 1 saturated heterocycles. The third kappa shape index (κ3) is 2.40. The van der Waals surface area contributed by atoms with Gasteiger partial charge in [-0.15, -0.1) is 0 Å². The molecular weight excluding hydrogens is 278 g/mol. The molecule has 8 heteroatoms. The molecular formula is C10H16ClN3O3S. The Morgan fingerprint density at radius 1 is 1.61 bits per heavy atom. The van der Waals surface area contributed by atoms with E-state index in [-0.39, 0.29) is 16.3 Å². The molecule has 102 valence electrons. The first-order valence-corrected chi connectivity index (χ1v) is 7.57. The fourth-order valence-electron chi connectivity index (χ4n) is 1.85. The van der Waals surface area contributed by atoms with Gasteiger partial charge in [-0.25, -0.2) is 13.4 Å². The van der Waals surface area contributed by atoms with Gasteiger partial charge in [0.15, 0.2) is 0 Å². The molecule has 2 heterocycles. The first-order chi connectivity index (χ1) is 8.46. The Morgan fingerprint density at radius 2 is 2.33 bits per heavy atom. The van der Waals surface area contributed by atoms with Crippen molar-refractivity contribution in [3.8, 4) is 0 Å². The van der Waals surface area contributed by atoms with Crippen LogP contribution in [0.25, 0.3) is 0 Å². The average molecular weight is 294 g/mol. The Hall–Kier alpha value is -0.630. The van der Waals surface area contributed by atoms with Gasteiger partial charge >= 0.3 is 0 Å². The van der Waals surface area contributed by atoms with E-state index in [1.165, 1.54) is 15.2 Å². The Morgan fingerprint density at radius 3 is 2.89 bits per heavy atom. The molecule has 1 aromatic rings. The highest BCUT2D eigenvalue weighted by Crippen LogP contribution is 2.24. The van der Waals surface area contributed by atoms with Gasteiger partial charge in [0, 0.05) is 20.1 Å². The van der Waals surface area contributed by atoms with Crippen molar-refractivity contribution in [3.63, 3.8) is 0 Å². The molecule has 1 aliphatic rings. The predicted octanol–water partition coefficient (Wildman–Crippen LogP) is 0.873. The van der Waals surface area contributed by atoms with Gasteiger partial charge < -0.3 is 9.30 Å². The van der Waals surface area contributed by atoms with Gasteiger partial charge in [-0.05, 0) is 6.42 Å². The van der Waals surface area contributed by atoms with E-state index >= 15 is 0 Å². The van der Waals surface area contributed by atoms with Crippen molar-refractivity contribution < 1.29 is 13.2 Å². The van der Waals surface area contributed by atoms with Gasteiger partial charge in [-0.3, -0.25) is 0 Å². The second-order valence-corrected chi connectivity index (χ2v) is 6.43. The SMILES string of the molecule is CC[C@H]1CN(S(=O)(=O)c2ncn(C)c2Cl)CCO1. The van der Waals surface area contributed by atoms with Crippen LogP contribution in [-0.2, 0) is 21.8 Å². The third-order valence-electron chi connectivity index (χ3n) is 2.98. The smallest absolute Gasteiger partial charge is 0.263 e. The van der Waals surface area contributed by atoms with E-state index in [1.54, 1.807) is 7.05 Å². The molecule has 1 fully saturated rings. The van der Waals surface area contributed by atoms with E-state index in [0.717, 1.165) is 6.42 Å². The molecule has 0 radical (unpaired) electrons. The summed E-state index contributed by atoms with van der Waals surface area (Å²) in [5.74, 6) is 0. The molecule has 18 heavy (non-hydrogen) atoms. The Bertz CT molecular complexity index is 528. The number of rotatable bonds is 3. The van der Waals surface area contributed by atoms with Crippen molar-refractivity contribution in [2.24, 2.45) is 7.05 Å². The van der Waals surface area contributed by atoms with Gasteiger partial charge in [0.05, 0.1) is 19.0 Å². The number of ether oxygens (including phenoxy) is 1. The zero-order valence-electron chi connectivity index (χ0n) is 10.3. The molecule has 0 unspecified atom stereocenters. The molecule has 0 amide bonds. The van der Waals surface area contributed by atoms with E-state index in [2.05, 4.69) is 4.98 Å². The van der Waals surface area contributed by atoms with E-state index in [1.807, 2.05) is 6.92 Å². The minimum atomic E-state index is -3.63. The maximum atomic E-state index is 12.4. The summed E-state index contributed by atoms with van der Waals surface area (Å²) in [6.45, 7) is 3.06. The van der Waals surface area contributed by atoms with Crippen LogP contribution in [0.1, 0.15) is 13.3 Å². The van der Waals surface area contributed by atoms with Crippen LogP contribution in [-0.4, -0.2) is 48.1 Å². The van der Waals surface area contributed by atoms with E-state index < -0.39 is 10.0 Å². The summed E-state index contributed by atoms with van der Waals surface area (Å²) in [5.41, 5.74) is 0. The van der Waals surface area contributed by atoms with Crippen LogP contribution in [0.15, 0.2) is 11.4 Å². The summed E-state index contributed by atoms with van der Waals surface area (Å²) in [4.78, 5) is 3.87. The summed E-state index contributed by atoms with van der Waals surface area (Å²) in [7, 11) is -1.97. The van der Waals surface area contributed by atoms with Gasteiger partial charge in [0.2, 0.25) is 5.03 Å². The maximum absolute atomic E-state index is 12.4.